The van der Waals surface area contributed by atoms with E-state index in [0.717, 1.165) is 0 Å². The van der Waals surface area contributed by atoms with Gasteiger partial charge in [-0.2, -0.15) is 0 Å². The molecule has 0 spiro atoms. The van der Waals surface area contributed by atoms with Crippen LogP contribution in [0.2, 0.25) is 0 Å². The highest BCUT2D eigenvalue weighted by molar-refractivity contribution is 7.40. The number of carbonyl (C=O) groups excluding carboxylic acids is 1. The standard InChI is InChI=1S/C21H27N9O9P2/c1-23-7-25-20-11(4-31)27-9-29(20)16-2-12-14(36-16)5-34-41(33)39-13-3-17(37-15(13)6-35-40(32)38-12)30-10-28-18-19(22)24-8-26-21(18)30/h4,7-10,12-17,32-33H,2-3,5-6H2,1H3,(H,23,25)(H2,22,24,26)/t12-,13-,14?,15?,16?,17?,40?,41?/m0/s1. The highest BCUT2D eigenvalue weighted by Crippen LogP contribution is 2.47. The second-order valence-electron chi connectivity index (χ2n) is 9.19. The van der Waals surface area contributed by atoms with Crippen LogP contribution in [0.1, 0.15) is 35.8 Å². The van der Waals surface area contributed by atoms with E-state index in [4.69, 9.17) is 33.3 Å². The number of imidazole rings is 2. The van der Waals surface area contributed by atoms with Gasteiger partial charge in [0, 0.05) is 19.9 Å². The molecular weight excluding hydrogens is 584 g/mol. The fraction of sp³-hybridized carbons (Fsp3) is 0.524. The maximum Gasteiger partial charge on any atom is 0.330 e. The van der Waals surface area contributed by atoms with Crippen LogP contribution in [0.5, 0.6) is 0 Å². The van der Waals surface area contributed by atoms with Gasteiger partial charge >= 0.3 is 17.2 Å². The van der Waals surface area contributed by atoms with E-state index in [-0.39, 0.29) is 37.0 Å². The Balaban J connectivity index is 1.16. The molecule has 3 fully saturated rings. The van der Waals surface area contributed by atoms with Crippen LogP contribution in [-0.4, -0.2) is 96.2 Å². The summed E-state index contributed by atoms with van der Waals surface area (Å²) in [6.45, 7) is -0.202. The number of nitrogens with zero attached hydrogens (tertiary/aromatic N) is 7. The van der Waals surface area contributed by atoms with Gasteiger partial charge in [-0.3, -0.25) is 13.9 Å². The van der Waals surface area contributed by atoms with Crippen molar-refractivity contribution in [2.24, 2.45) is 4.99 Å². The van der Waals surface area contributed by atoms with Gasteiger partial charge in [-0.05, 0) is 0 Å². The minimum atomic E-state index is -2.35. The molecule has 0 saturated carbocycles. The molecule has 0 amide bonds. The molecule has 0 radical (unpaired) electrons. The number of nitrogens with two attached hydrogens (primary N) is 1. The molecule has 20 heteroatoms. The Morgan fingerprint density at radius 2 is 1.61 bits per heavy atom. The second-order valence-corrected chi connectivity index (χ2v) is 11.1. The van der Waals surface area contributed by atoms with Crippen molar-refractivity contribution in [2.45, 2.75) is 49.7 Å². The molecule has 3 saturated heterocycles. The van der Waals surface area contributed by atoms with Crippen LogP contribution < -0.4 is 11.1 Å². The van der Waals surface area contributed by atoms with E-state index in [1.807, 2.05) is 0 Å². The normalized spacial score (nSPS) is 32.9. The first kappa shape index (κ1) is 28.4. The number of carbonyl (C=O) groups is 1. The van der Waals surface area contributed by atoms with Gasteiger partial charge in [0.15, 0.2) is 23.6 Å². The molecule has 8 atom stereocenters. The first-order valence-corrected chi connectivity index (χ1v) is 14.7. The molecular formula is C21H27N9O9P2. The lowest BCUT2D eigenvalue weighted by Gasteiger charge is -2.26. The smallest absolute Gasteiger partial charge is 0.330 e. The van der Waals surface area contributed by atoms with Crippen LogP contribution in [0.4, 0.5) is 11.6 Å². The SMILES string of the molecule is CN/C=N\c1c(C=O)ncn1C1C[C@@H]2OP(O)OCC3OC(n4cnc5c(N)ncnc54)C[C@@H]3OP(O)OCC2O1. The highest BCUT2D eigenvalue weighted by atomic mass is 31.2. The van der Waals surface area contributed by atoms with Crippen molar-refractivity contribution in [3.63, 3.8) is 0 Å². The average Bonchev–Trinajstić information content (AvgIpc) is 3.74. The molecule has 6 unspecified atom stereocenters. The lowest BCUT2D eigenvalue weighted by atomic mass is 10.2. The Labute approximate surface area is 234 Å². The molecule has 0 aromatic carbocycles. The first-order chi connectivity index (χ1) is 19.9. The Morgan fingerprint density at radius 1 is 0.976 bits per heavy atom. The monoisotopic (exact) mass is 611 g/mol. The third-order valence-electron chi connectivity index (χ3n) is 6.74. The van der Waals surface area contributed by atoms with Crippen LogP contribution in [-0.2, 0) is 27.6 Å². The van der Waals surface area contributed by atoms with Gasteiger partial charge in [0.25, 0.3) is 0 Å². The van der Waals surface area contributed by atoms with Crippen molar-refractivity contribution >= 4 is 52.6 Å². The van der Waals surface area contributed by atoms with Crippen LogP contribution in [0.15, 0.2) is 24.0 Å². The number of fused-ring (bicyclic) bond motifs is 3. The number of nitrogens with one attached hydrogen (secondary N) is 1. The van der Waals surface area contributed by atoms with Gasteiger partial charge in [0.2, 0.25) is 0 Å². The summed E-state index contributed by atoms with van der Waals surface area (Å²) in [7, 11) is -3.03. The summed E-state index contributed by atoms with van der Waals surface area (Å²) in [6.07, 6.45) is 2.93. The number of rotatable bonds is 5. The maximum absolute atomic E-state index is 11.5. The molecule has 41 heavy (non-hydrogen) atoms. The lowest BCUT2D eigenvalue weighted by Crippen LogP contribution is -2.31. The van der Waals surface area contributed by atoms with E-state index in [1.54, 1.807) is 16.2 Å². The zero-order chi connectivity index (χ0) is 28.5. The molecule has 3 aromatic rings. The summed E-state index contributed by atoms with van der Waals surface area (Å²) < 4.78 is 38.5. The molecule has 3 aliphatic rings. The Bertz CT molecular complexity index is 1410. The third kappa shape index (κ3) is 5.81. The predicted molar refractivity (Wildman–Crippen MR) is 142 cm³/mol. The first-order valence-electron chi connectivity index (χ1n) is 12.5. The number of aldehydes is 1. The summed E-state index contributed by atoms with van der Waals surface area (Å²) >= 11 is 0. The topological polar surface area (TPSA) is 225 Å². The number of aliphatic imine (C=N–C) groups is 1. The number of nitrogen functional groups attached to an aromatic ring is 1. The fourth-order valence-corrected chi connectivity index (χ4v) is 6.41. The van der Waals surface area contributed by atoms with E-state index in [0.29, 0.717) is 23.9 Å². The van der Waals surface area contributed by atoms with Crippen LogP contribution >= 0.6 is 17.2 Å². The molecule has 0 bridgehead atoms. The molecule has 18 nitrogen and oxygen atoms in total. The minimum Gasteiger partial charge on any atom is -0.382 e. The van der Waals surface area contributed by atoms with Crippen molar-refractivity contribution in [3.05, 3.63) is 24.7 Å². The largest absolute Gasteiger partial charge is 0.382 e. The van der Waals surface area contributed by atoms with Gasteiger partial charge in [0.05, 0.1) is 44.4 Å². The van der Waals surface area contributed by atoms with E-state index >= 15 is 0 Å². The molecule has 5 N–H and O–H groups in total. The minimum absolute atomic E-state index is 0.0922. The zero-order valence-electron chi connectivity index (χ0n) is 21.5. The molecule has 6 heterocycles. The average molecular weight is 611 g/mol. The van der Waals surface area contributed by atoms with Crippen molar-refractivity contribution in [2.75, 3.05) is 26.0 Å². The molecule has 3 aromatic heterocycles. The number of hydrogen-bond donors (Lipinski definition) is 4. The Hall–Kier alpha value is -2.76. The van der Waals surface area contributed by atoms with Gasteiger partial charge in [0.1, 0.15) is 42.2 Å². The number of anilines is 1. The predicted octanol–water partition coefficient (Wildman–Crippen LogP) is 0.827. The van der Waals surface area contributed by atoms with E-state index < -0.39 is 54.1 Å². The Morgan fingerprint density at radius 3 is 2.24 bits per heavy atom. The van der Waals surface area contributed by atoms with Crippen molar-refractivity contribution in [1.29, 1.82) is 0 Å². The zero-order valence-corrected chi connectivity index (χ0v) is 23.3. The summed E-state index contributed by atoms with van der Waals surface area (Å²) in [5.41, 5.74) is 6.95. The van der Waals surface area contributed by atoms with Crippen molar-refractivity contribution in [1.82, 2.24) is 34.4 Å². The summed E-state index contributed by atoms with van der Waals surface area (Å²) in [5, 5.41) is 2.77. The van der Waals surface area contributed by atoms with Crippen LogP contribution in [0.3, 0.4) is 0 Å². The maximum atomic E-state index is 11.5. The number of aromatic nitrogens is 6. The van der Waals surface area contributed by atoms with Crippen LogP contribution in [0, 0.1) is 0 Å². The van der Waals surface area contributed by atoms with Crippen LogP contribution in [0.25, 0.3) is 11.2 Å². The fourth-order valence-electron chi connectivity index (χ4n) is 4.83. The Kier molecular flexibility index (Phi) is 8.46. The van der Waals surface area contributed by atoms with Crippen molar-refractivity contribution < 1.29 is 42.2 Å². The molecule has 6 rings (SSSR count). The molecule has 3 aliphatic heterocycles. The van der Waals surface area contributed by atoms with Crippen molar-refractivity contribution in [3.8, 4) is 0 Å². The summed E-state index contributed by atoms with van der Waals surface area (Å²) in [5.74, 6) is 0.523. The van der Waals surface area contributed by atoms with E-state index in [1.165, 1.54) is 25.3 Å². The van der Waals surface area contributed by atoms with Gasteiger partial charge < -0.3 is 48.4 Å². The summed E-state index contributed by atoms with van der Waals surface area (Å²) in [6, 6.07) is 0. The number of ether oxygens (including phenoxy) is 2. The lowest BCUT2D eigenvalue weighted by molar-refractivity contribution is -0.0572. The quantitative estimate of drug-likeness (QED) is 0.136. The molecule has 220 valence electrons. The number of hydrogen-bond acceptors (Lipinski definition) is 15. The van der Waals surface area contributed by atoms with Gasteiger partial charge in [-0.25, -0.2) is 24.9 Å². The highest BCUT2D eigenvalue weighted by Gasteiger charge is 2.44. The molecule has 0 aliphatic carbocycles. The van der Waals surface area contributed by atoms with E-state index in [9.17, 15) is 14.6 Å². The van der Waals surface area contributed by atoms with E-state index in [2.05, 4.69) is 30.2 Å². The second kappa shape index (κ2) is 12.2. The van der Waals surface area contributed by atoms with Gasteiger partial charge in [-0.15, -0.1) is 0 Å². The van der Waals surface area contributed by atoms with Gasteiger partial charge in [-0.1, -0.05) is 0 Å². The third-order valence-corrected chi connectivity index (χ3v) is 8.38. The summed E-state index contributed by atoms with van der Waals surface area (Å²) in [4.78, 5) is 53.5.